The first kappa shape index (κ1) is 19.2. The van der Waals surface area contributed by atoms with Crippen molar-refractivity contribution in [3.05, 3.63) is 22.5 Å². The van der Waals surface area contributed by atoms with E-state index in [-0.39, 0.29) is 5.97 Å². The lowest BCUT2D eigenvalue weighted by molar-refractivity contribution is 0.0525. The summed E-state index contributed by atoms with van der Waals surface area (Å²) in [5.41, 5.74) is 5.66. The van der Waals surface area contributed by atoms with Gasteiger partial charge >= 0.3 is 5.97 Å². The SMILES string of the molecule is CCOC(=O)c1c(C)[nH]c(/C=N/NC(=S)NCCC(C)C)c1C. The number of hydrogen-bond acceptors (Lipinski definition) is 4. The maximum Gasteiger partial charge on any atom is 0.340 e. The molecular weight excluding hydrogens is 312 g/mol. The van der Waals surface area contributed by atoms with Crippen LogP contribution in [-0.2, 0) is 4.74 Å². The third-order valence-electron chi connectivity index (χ3n) is 3.32. The number of aryl methyl sites for hydroxylation is 1. The number of carbonyl (C=O) groups excluding carboxylic acids is 1. The highest BCUT2D eigenvalue weighted by Gasteiger charge is 2.18. The van der Waals surface area contributed by atoms with Crippen LogP contribution in [-0.4, -0.2) is 35.4 Å². The first-order valence-corrected chi connectivity index (χ1v) is 8.20. The summed E-state index contributed by atoms with van der Waals surface area (Å²) in [6.45, 7) is 11.0. The minimum Gasteiger partial charge on any atom is -0.462 e. The number of hydrazone groups is 1. The first-order valence-electron chi connectivity index (χ1n) is 7.80. The molecule has 0 saturated heterocycles. The molecule has 0 spiro atoms. The molecule has 0 fully saturated rings. The summed E-state index contributed by atoms with van der Waals surface area (Å²) in [5.74, 6) is 0.303. The highest BCUT2D eigenvalue weighted by Crippen LogP contribution is 2.17. The minimum absolute atomic E-state index is 0.322. The van der Waals surface area contributed by atoms with Crippen LogP contribution in [0.4, 0.5) is 0 Å². The molecule has 0 aliphatic rings. The molecule has 0 saturated carbocycles. The Kier molecular flexibility index (Phi) is 7.74. The van der Waals surface area contributed by atoms with Gasteiger partial charge in [-0.2, -0.15) is 5.10 Å². The highest BCUT2D eigenvalue weighted by molar-refractivity contribution is 7.80. The van der Waals surface area contributed by atoms with E-state index in [0.29, 0.717) is 23.2 Å². The Morgan fingerprint density at radius 2 is 2.13 bits per heavy atom. The number of nitrogens with zero attached hydrogens (tertiary/aromatic N) is 1. The van der Waals surface area contributed by atoms with E-state index >= 15 is 0 Å². The van der Waals surface area contributed by atoms with Crippen LogP contribution < -0.4 is 10.7 Å². The highest BCUT2D eigenvalue weighted by atomic mass is 32.1. The number of H-pyrrole nitrogens is 1. The normalized spacial score (nSPS) is 11.0. The summed E-state index contributed by atoms with van der Waals surface area (Å²) in [7, 11) is 0. The van der Waals surface area contributed by atoms with Crippen molar-refractivity contribution in [2.75, 3.05) is 13.2 Å². The van der Waals surface area contributed by atoms with Crippen molar-refractivity contribution in [2.24, 2.45) is 11.0 Å². The molecule has 0 aromatic carbocycles. The number of thiocarbonyl (C=S) groups is 1. The largest absolute Gasteiger partial charge is 0.462 e. The lowest BCUT2D eigenvalue weighted by Crippen LogP contribution is -2.33. The number of carbonyl (C=O) groups is 1. The van der Waals surface area contributed by atoms with Crippen molar-refractivity contribution in [3.8, 4) is 0 Å². The smallest absolute Gasteiger partial charge is 0.340 e. The molecule has 23 heavy (non-hydrogen) atoms. The van der Waals surface area contributed by atoms with Crippen molar-refractivity contribution in [1.29, 1.82) is 0 Å². The van der Waals surface area contributed by atoms with Gasteiger partial charge in [0.15, 0.2) is 5.11 Å². The Balaban J connectivity index is 2.62. The van der Waals surface area contributed by atoms with Crippen LogP contribution in [0.25, 0.3) is 0 Å². The predicted octanol–water partition coefficient (Wildman–Crippen LogP) is 2.65. The average molecular weight is 338 g/mol. The van der Waals surface area contributed by atoms with Crippen LogP contribution in [0.5, 0.6) is 0 Å². The summed E-state index contributed by atoms with van der Waals surface area (Å²) < 4.78 is 5.06. The molecule has 1 rings (SSSR count). The Morgan fingerprint density at radius 1 is 1.43 bits per heavy atom. The second-order valence-corrected chi connectivity index (χ2v) is 6.10. The zero-order valence-electron chi connectivity index (χ0n) is 14.4. The van der Waals surface area contributed by atoms with Gasteiger partial charge < -0.3 is 15.0 Å². The van der Waals surface area contributed by atoms with Crippen LogP contribution in [0.15, 0.2) is 5.10 Å². The van der Waals surface area contributed by atoms with Gasteiger partial charge in [0, 0.05) is 12.2 Å². The summed E-state index contributed by atoms with van der Waals surface area (Å²) >= 11 is 5.14. The summed E-state index contributed by atoms with van der Waals surface area (Å²) in [6, 6.07) is 0. The van der Waals surface area contributed by atoms with Crippen LogP contribution in [0.1, 0.15) is 54.5 Å². The van der Waals surface area contributed by atoms with Crippen molar-refractivity contribution >= 4 is 29.5 Å². The van der Waals surface area contributed by atoms with E-state index < -0.39 is 0 Å². The van der Waals surface area contributed by atoms with Gasteiger partial charge in [-0.05, 0) is 50.9 Å². The number of nitrogens with one attached hydrogen (secondary N) is 3. The van der Waals surface area contributed by atoms with Gasteiger partial charge in [0.05, 0.1) is 24.1 Å². The van der Waals surface area contributed by atoms with E-state index in [4.69, 9.17) is 17.0 Å². The van der Waals surface area contributed by atoms with E-state index in [2.05, 4.69) is 34.7 Å². The van der Waals surface area contributed by atoms with Crippen molar-refractivity contribution in [1.82, 2.24) is 15.7 Å². The minimum atomic E-state index is -0.322. The van der Waals surface area contributed by atoms with Crippen LogP contribution >= 0.6 is 12.2 Å². The number of esters is 1. The predicted molar refractivity (Wildman–Crippen MR) is 97.0 cm³/mol. The maximum absolute atomic E-state index is 11.9. The van der Waals surface area contributed by atoms with E-state index in [1.54, 1.807) is 13.1 Å². The second-order valence-electron chi connectivity index (χ2n) is 5.69. The fourth-order valence-electron chi connectivity index (χ4n) is 2.08. The molecular formula is C16H26N4O2S. The number of ether oxygens (including phenoxy) is 1. The Bertz CT molecular complexity index is 579. The fraction of sp³-hybridized carbons (Fsp3) is 0.562. The van der Waals surface area contributed by atoms with Gasteiger partial charge in [-0.1, -0.05) is 13.8 Å². The number of aromatic amines is 1. The molecule has 6 nitrogen and oxygen atoms in total. The monoisotopic (exact) mass is 338 g/mol. The quantitative estimate of drug-likeness (QED) is 0.308. The molecule has 0 bridgehead atoms. The Morgan fingerprint density at radius 3 is 2.74 bits per heavy atom. The molecule has 0 radical (unpaired) electrons. The van der Waals surface area contributed by atoms with Gasteiger partial charge in [-0.25, -0.2) is 4.79 Å². The van der Waals surface area contributed by atoms with E-state index in [0.717, 1.165) is 29.9 Å². The van der Waals surface area contributed by atoms with Gasteiger partial charge in [0.25, 0.3) is 0 Å². The third kappa shape index (κ3) is 6.02. The van der Waals surface area contributed by atoms with E-state index in [9.17, 15) is 4.79 Å². The molecule has 1 aromatic rings. The molecule has 1 heterocycles. The second kappa shape index (κ2) is 9.29. The van der Waals surface area contributed by atoms with Crippen molar-refractivity contribution < 1.29 is 9.53 Å². The van der Waals surface area contributed by atoms with Gasteiger partial charge in [0.2, 0.25) is 0 Å². The molecule has 0 aliphatic heterocycles. The molecule has 0 atom stereocenters. The number of rotatable bonds is 7. The third-order valence-corrected chi connectivity index (χ3v) is 3.56. The molecule has 0 amide bonds. The van der Waals surface area contributed by atoms with Crippen LogP contribution in [0.3, 0.4) is 0 Å². The van der Waals surface area contributed by atoms with Crippen molar-refractivity contribution in [3.63, 3.8) is 0 Å². The lowest BCUT2D eigenvalue weighted by Gasteiger charge is -2.08. The lowest BCUT2D eigenvalue weighted by atomic mass is 10.1. The summed E-state index contributed by atoms with van der Waals surface area (Å²) in [5, 5.41) is 7.67. The maximum atomic E-state index is 11.9. The number of aromatic nitrogens is 1. The van der Waals surface area contributed by atoms with Crippen molar-refractivity contribution in [2.45, 2.75) is 41.0 Å². The summed E-state index contributed by atoms with van der Waals surface area (Å²) in [4.78, 5) is 15.1. The fourth-order valence-corrected chi connectivity index (χ4v) is 2.24. The molecule has 0 unspecified atom stereocenters. The topological polar surface area (TPSA) is 78.5 Å². The molecule has 7 heteroatoms. The Labute approximate surface area is 143 Å². The Hall–Kier alpha value is -1.89. The van der Waals surface area contributed by atoms with E-state index in [1.807, 2.05) is 13.8 Å². The van der Waals surface area contributed by atoms with Crippen LogP contribution in [0, 0.1) is 19.8 Å². The molecule has 0 aliphatic carbocycles. The standard InChI is InChI=1S/C16H26N4O2S/c1-6-22-15(21)14-11(4)13(19-12(14)5)9-18-20-16(23)17-8-7-10(2)3/h9-10,19H,6-8H2,1-5H3,(H2,17,20,23)/b18-9+. The molecule has 128 valence electrons. The van der Waals surface area contributed by atoms with Gasteiger partial charge in [-0.15, -0.1) is 0 Å². The molecule has 3 N–H and O–H groups in total. The van der Waals surface area contributed by atoms with E-state index in [1.165, 1.54) is 0 Å². The van der Waals surface area contributed by atoms with Crippen LogP contribution in [0.2, 0.25) is 0 Å². The zero-order chi connectivity index (χ0) is 17.4. The zero-order valence-corrected chi connectivity index (χ0v) is 15.3. The first-order chi connectivity index (χ1) is 10.9. The number of hydrogen-bond donors (Lipinski definition) is 3. The average Bonchev–Trinajstić information content (AvgIpc) is 2.73. The molecule has 1 aromatic heterocycles. The van der Waals surface area contributed by atoms with Gasteiger partial charge in [0.1, 0.15) is 0 Å². The summed E-state index contributed by atoms with van der Waals surface area (Å²) in [6.07, 6.45) is 2.66. The van der Waals surface area contributed by atoms with Gasteiger partial charge in [-0.3, -0.25) is 5.43 Å².